The smallest absolute Gasteiger partial charge is 0.261 e. The van der Waals surface area contributed by atoms with Gasteiger partial charge in [-0.2, -0.15) is 5.10 Å². The average Bonchev–Trinajstić information content (AvgIpc) is 3.24. The summed E-state index contributed by atoms with van der Waals surface area (Å²) in [6.45, 7) is 1.97. The summed E-state index contributed by atoms with van der Waals surface area (Å²) in [5.41, 5.74) is 3.25. The first-order valence-electron chi connectivity index (χ1n) is 8.94. The number of nitrogens with zero attached hydrogens (tertiary/aromatic N) is 2. The number of hydrogen-bond acceptors (Lipinski definition) is 3. The van der Waals surface area contributed by atoms with Gasteiger partial charge in [-0.05, 0) is 30.5 Å². The van der Waals surface area contributed by atoms with Crippen LogP contribution in [0.3, 0.4) is 0 Å². The predicted molar refractivity (Wildman–Crippen MR) is 110 cm³/mol. The number of carbonyl (C=O) groups is 1. The van der Waals surface area contributed by atoms with Gasteiger partial charge < -0.3 is 5.32 Å². The number of rotatable bonds is 5. The monoisotopic (exact) mass is 375 g/mol. The molecule has 1 atom stereocenters. The minimum Gasteiger partial charge on any atom is -0.344 e. The van der Waals surface area contributed by atoms with Crippen molar-refractivity contribution >= 4 is 27.5 Å². The minimum atomic E-state index is -0.0782. The second-order valence-corrected chi connectivity index (χ2v) is 7.70. The molecule has 136 valence electrons. The first kappa shape index (κ1) is 17.5. The molecule has 0 spiro atoms. The van der Waals surface area contributed by atoms with E-state index in [1.54, 1.807) is 0 Å². The quantitative estimate of drug-likeness (QED) is 0.552. The summed E-state index contributed by atoms with van der Waals surface area (Å²) in [6.07, 6.45) is 0.752. The zero-order valence-electron chi connectivity index (χ0n) is 15.3. The molecule has 5 heteroatoms. The molecule has 27 heavy (non-hydrogen) atoms. The van der Waals surface area contributed by atoms with Gasteiger partial charge in [0.05, 0.1) is 16.6 Å². The van der Waals surface area contributed by atoms with Gasteiger partial charge in [-0.25, -0.2) is 0 Å². The first-order valence-corrected chi connectivity index (χ1v) is 9.76. The molecule has 1 N–H and O–H groups in total. The van der Waals surface area contributed by atoms with Crippen molar-refractivity contribution in [1.29, 1.82) is 0 Å². The second kappa shape index (κ2) is 7.37. The third-order valence-corrected chi connectivity index (χ3v) is 5.91. The number of carbonyl (C=O) groups excluding carboxylic acids is 1. The highest BCUT2D eigenvalue weighted by molar-refractivity contribution is 7.20. The van der Waals surface area contributed by atoms with Crippen LogP contribution in [0.25, 0.3) is 10.2 Å². The lowest BCUT2D eigenvalue weighted by Crippen LogP contribution is -2.29. The van der Waals surface area contributed by atoms with Crippen LogP contribution in [0.5, 0.6) is 0 Å². The maximum absolute atomic E-state index is 13.0. The van der Waals surface area contributed by atoms with Crippen LogP contribution in [0, 0.1) is 6.92 Å². The Morgan fingerprint density at radius 3 is 2.44 bits per heavy atom. The van der Waals surface area contributed by atoms with Crippen LogP contribution in [-0.2, 0) is 13.5 Å². The maximum Gasteiger partial charge on any atom is 0.261 e. The van der Waals surface area contributed by atoms with Crippen LogP contribution >= 0.6 is 11.3 Å². The summed E-state index contributed by atoms with van der Waals surface area (Å²) in [5, 5.41) is 8.69. The lowest BCUT2D eigenvalue weighted by Gasteiger charge is -2.19. The van der Waals surface area contributed by atoms with E-state index in [1.165, 1.54) is 16.9 Å². The highest BCUT2D eigenvalue weighted by Crippen LogP contribution is 2.28. The molecule has 4 rings (SSSR count). The summed E-state index contributed by atoms with van der Waals surface area (Å²) in [6, 6.07) is 22.3. The highest BCUT2D eigenvalue weighted by atomic mass is 32.1. The van der Waals surface area contributed by atoms with E-state index < -0.39 is 0 Å². The first-order chi connectivity index (χ1) is 13.1. The van der Waals surface area contributed by atoms with E-state index in [9.17, 15) is 4.79 Å². The van der Waals surface area contributed by atoms with E-state index in [2.05, 4.69) is 34.7 Å². The molecule has 2 aromatic heterocycles. The molecule has 1 amide bonds. The zero-order chi connectivity index (χ0) is 18.8. The Kier molecular flexibility index (Phi) is 4.77. The van der Waals surface area contributed by atoms with Gasteiger partial charge in [0.2, 0.25) is 0 Å². The summed E-state index contributed by atoms with van der Waals surface area (Å²) < 4.78 is 1.84. The van der Waals surface area contributed by atoms with Gasteiger partial charge >= 0.3 is 0 Å². The van der Waals surface area contributed by atoms with E-state index in [0.29, 0.717) is 0 Å². The van der Waals surface area contributed by atoms with Gasteiger partial charge in [0.1, 0.15) is 4.83 Å². The van der Waals surface area contributed by atoms with E-state index in [1.807, 2.05) is 61.1 Å². The Hall–Kier alpha value is -2.92. The number of aromatic nitrogens is 2. The fourth-order valence-electron chi connectivity index (χ4n) is 3.33. The molecule has 4 aromatic rings. The Bertz CT molecular complexity index is 1030. The van der Waals surface area contributed by atoms with E-state index in [0.717, 1.165) is 32.8 Å². The number of amides is 1. The predicted octanol–water partition coefficient (Wildman–Crippen LogP) is 4.66. The zero-order valence-corrected chi connectivity index (χ0v) is 16.2. The largest absolute Gasteiger partial charge is 0.344 e. The fraction of sp³-hybridized carbons (Fsp3) is 0.182. The van der Waals surface area contributed by atoms with Crippen LogP contribution in [0.4, 0.5) is 0 Å². The lowest BCUT2D eigenvalue weighted by molar-refractivity contribution is 0.0940. The van der Waals surface area contributed by atoms with Gasteiger partial charge in [0.15, 0.2) is 0 Å². The number of aryl methyl sites for hydroxylation is 2. The number of nitrogens with one attached hydrogen (secondary N) is 1. The van der Waals surface area contributed by atoms with Gasteiger partial charge in [-0.15, -0.1) is 11.3 Å². The van der Waals surface area contributed by atoms with E-state index in [-0.39, 0.29) is 11.9 Å². The Balaban J connectivity index is 1.61. The van der Waals surface area contributed by atoms with Crippen LogP contribution in [-0.4, -0.2) is 15.7 Å². The number of fused-ring (bicyclic) bond motifs is 1. The standard InChI is InChI=1S/C22H21N3OS/c1-15-18-14-20(27-22(18)25(2)24-15)21(26)23-19(17-11-7-4-8-12-17)13-16-9-5-3-6-10-16/h3-12,14,19H,13H2,1-2H3,(H,23,26)/t19-/m0/s1. The van der Waals surface area contributed by atoms with E-state index >= 15 is 0 Å². The molecular weight excluding hydrogens is 354 g/mol. The normalized spacial score (nSPS) is 12.2. The third-order valence-electron chi connectivity index (χ3n) is 4.71. The number of thiophene rings is 1. The minimum absolute atomic E-state index is 0.0413. The second-order valence-electron chi connectivity index (χ2n) is 6.66. The third kappa shape index (κ3) is 3.64. The summed E-state index contributed by atoms with van der Waals surface area (Å²) >= 11 is 1.48. The van der Waals surface area contributed by atoms with Gasteiger partial charge in [-0.1, -0.05) is 60.7 Å². The summed E-state index contributed by atoms with van der Waals surface area (Å²) in [7, 11) is 1.91. The molecule has 2 aromatic carbocycles. The Morgan fingerprint density at radius 2 is 1.78 bits per heavy atom. The molecule has 4 nitrogen and oxygen atoms in total. The summed E-state index contributed by atoms with van der Waals surface area (Å²) in [5.74, 6) is -0.0413. The maximum atomic E-state index is 13.0. The topological polar surface area (TPSA) is 46.9 Å². The molecule has 0 unspecified atom stereocenters. The molecule has 0 fully saturated rings. The molecular formula is C22H21N3OS. The molecule has 0 aliphatic carbocycles. The van der Waals surface area contributed by atoms with Crippen molar-refractivity contribution in [3.05, 3.63) is 88.4 Å². The molecule has 0 saturated carbocycles. The lowest BCUT2D eigenvalue weighted by atomic mass is 9.99. The van der Waals surface area contributed by atoms with Crippen LogP contribution in [0.15, 0.2) is 66.7 Å². The van der Waals surface area contributed by atoms with Gasteiger partial charge in [0.25, 0.3) is 5.91 Å². The Morgan fingerprint density at radius 1 is 1.11 bits per heavy atom. The number of hydrogen-bond donors (Lipinski definition) is 1. The molecule has 0 aliphatic rings. The average molecular weight is 375 g/mol. The van der Waals surface area contributed by atoms with Crippen LogP contribution < -0.4 is 5.32 Å². The molecule has 0 radical (unpaired) electrons. The Labute approximate surface area is 162 Å². The number of benzene rings is 2. The highest BCUT2D eigenvalue weighted by Gasteiger charge is 2.19. The van der Waals surface area contributed by atoms with Crippen molar-refractivity contribution in [1.82, 2.24) is 15.1 Å². The molecule has 0 saturated heterocycles. The van der Waals surface area contributed by atoms with Crippen molar-refractivity contribution in [3.63, 3.8) is 0 Å². The van der Waals surface area contributed by atoms with Gasteiger partial charge in [-0.3, -0.25) is 9.48 Å². The SMILES string of the molecule is Cc1nn(C)c2sc(C(=O)N[C@@H](Cc3ccccc3)c3ccccc3)cc12. The van der Waals surface area contributed by atoms with Crippen LogP contribution in [0.2, 0.25) is 0 Å². The van der Waals surface area contributed by atoms with Crippen molar-refractivity contribution in [2.24, 2.45) is 7.05 Å². The van der Waals surface area contributed by atoms with Gasteiger partial charge in [0, 0.05) is 12.4 Å². The fourth-order valence-corrected chi connectivity index (χ4v) is 4.36. The summed E-state index contributed by atoms with van der Waals surface area (Å²) in [4.78, 5) is 14.7. The van der Waals surface area contributed by atoms with Crippen molar-refractivity contribution in [2.45, 2.75) is 19.4 Å². The van der Waals surface area contributed by atoms with Crippen LogP contribution in [0.1, 0.15) is 32.5 Å². The van der Waals surface area contributed by atoms with Crippen molar-refractivity contribution < 1.29 is 4.79 Å². The molecule has 2 heterocycles. The van der Waals surface area contributed by atoms with Crippen molar-refractivity contribution in [2.75, 3.05) is 0 Å². The van der Waals surface area contributed by atoms with Crippen molar-refractivity contribution in [3.8, 4) is 0 Å². The van der Waals surface area contributed by atoms with E-state index in [4.69, 9.17) is 0 Å². The molecule has 0 bridgehead atoms. The molecule has 0 aliphatic heterocycles.